The Kier molecular flexibility index (Phi) is 2.98. The lowest BCUT2D eigenvalue weighted by Crippen LogP contribution is -2.16. The highest BCUT2D eigenvalue weighted by Gasteiger charge is 2.06. The number of furan rings is 1. The third-order valence-corrected chi connectivity index (χ3v) is 2.66. The first kappa shape index (κ1) is 10.1. The zero-order valence-corrected chi connectivity index (χ0v) is 9.20. The first-order valence-corrected chi connectivity index (χ1v) is 5.33. The number of hydrogen-bond donors (Lipinski definition) is 1. The molecule has 0 unspecified atom stereocenters. The maximum absolute atomic E-state index is 5.50. The molecule has 2 heterocycles. The monoisotopic (exact) mass is 224 g/mol. The fraction of sp³-hybridized carbons (Fsp3) is 0.333. The number of nitrogen functional groups attached to an aromatic ring is 1. The lowest BCUT2D eigenvalue weighted by molar-refractivity contribution is 0.316. The molecule has 0 bridgehead atoms. The first-order valence-electron chi connectivity index (χ1n) is 4.51. The van der Waals surface area contributed by atoms with E-state index in [1.165, 1.54) is 11.3 Å². The van der Waals surface area contributed by atoms with E-state index in [1.807, 2.05) is 13.1 Å². The largest absolute Gasteiger partial charge is 0.472 e. The predicted octanol–water partition coefficient (Wildman–Crippen LogP) is 1.35. The highest BCUT2D eigenvalue weighted by atomic mass is 32.1. The van der Waals surface area contributed by atoms with Gasteiger partial charge in [-0.25, -0.2) is 0 Å². The van der Waals surface area contributed by atoms with Crippen molar-refractivity contribution in [2.24, 2.45) is 0 Å². The van der Waals surface area contributed by atoms with Crippen LogP contribution in [0.2, 0.25) is 0 Å². The van der Waals surface area contributed by atoms with Gasteiger partial charge in [0, 0.05) is 12.1 Å². The third kappa shape index (κ3) is 2.77. The molecular weight excluding hydrogens is 212 g/mol. The SMILES string of the molecule is CN(Cc1ccoc1)Cc1nnc(N)s1. The molecule has 0 aliphatic heterocycles. The van der Waals surface area contributed by atoms with Crippen molar-refractivity contribution in [3.63, 3.8) is 0 Å². The van der Waals surface area contributed by atoms with E-state index in [4.69, 9.17) is 10.2 Å². The van der Waals surface area contributed by atoms with Crippen molar-refractivity contribution in [2.75, 3.05) is 12.8 Å². The van der Waals surface area contributed by atoms with Gasteiger partial charge in [-0.05, 0) is 13.1 Å². The minimum Gasteiger partial charge on any atom is -0.472 e. The van der Waals surface area contributed by atoms with Gasteiger partial charge in [-0.15, -0.1) is 10.2 Å². The van der Waals surface area contributed by atoms with Crippen molar-refractivity contribution in [1.82, 2.24) is 15.1 Å². The quantitative estimate of drug-likeness (QED) is 0.849. The van der Waals surface area contributed by atoms with Crippen LogP contribution in [0.15, 0.2) is 23.0 Å². The lowest BCUT2D eigenvalue weighted by atomic mass is 10.3. The van der Waals surface area contributed by atoms with E-state index in [1.54, 1.807) is 12.5 Å². The van der Waals surface area contributed by atoms with Crippen LogP contribution >= 0.6 is 11.3 Å². The van der Waals surface area contributed by atoms with E-state index in [-0.39, 0.29) is 0 Å². The normalized spacial score (nSPS) is 11.1. The van der Waals surface area contributed by atoms with Gasteiger partial charge in [-0.3, -0.25) is 4.90 Å². The second kappa shape index (κ2) is 4.41. The molecule has 2 aromatic rings. The molecule has 0 aliphatic rings. The van der Waals surface area contributed by atoms with Crippen molar-refractivity contribution in [3.8, 4) is 0 Å². The van der Waals surface area contributed by atoms with Gasteiger partial charge in [0.15, 0.2) is 0 Å². The Morgan fingerprint density at radius 3 is 2.93 bits per heavy atom. The number of nitrogens with zero attached hydrogens (tertiary/aromatic N) is 3. The summed E-state index contributed by atoms with van der Waals surface area (Å²) in [5.74, 6) is 0. The smallest absolute Gasteiger partial charge is 0.203 e. The van der Waals surface area contributed by atoms with Crippen LogP contribution in [0.4, 0.5) is 5.13 Å². The summed E-state index contributed by atoms with van der Waals surface area (Å²) in [4.78, 5) is 2.13. The second-order valence-corrected chi connectivity index (χ2v) is 4.43. The fourth-order valence-corrected chi connectivity index (χ4v) is 2.00. The molecule has 0 amide bonds. The van der Waals surface area contributed by atoms with Gasteiger partial charge in [-0.1, -0.05) is 11.3 Å². The Labute approximate surface area is 91.5 Å². The van der Waals surface area contributed by atoms with E-state index >= 15 is 0 Å². The standard InChI is InChI=1S/C9H12N4OS/c1-13(4-7-2-3-14-6-7)5-8-11-12-9(10)15-8/h2-3,6H,4-5H2,1H3,(H2,10,12). The van der Waals surface area contributed by atoms with Crippen molar-refractivity contribution >= 4 is 16.5 Å². The van der Waals surface area contributed by atoms with Crippen LogP contribution in [-0.2, 0) is 13.1 Å². The van der Waals surface area contributed by atoms with Crippen LogP contribution in [-0.4, -0.2) is 22.1 Å². The summed E-state index contributed by atoms with van der Waals surface area (Å²) in [5.41, 5.74) is 6.65. The van der Waals surface area contributed by atoms with E-state index in [0.717, 1.165) is 23.7 Å². The minimum atomic E-state index is 0.515. The summed E-state index contributed by atoms with van der Waals surface area (Å²) >= 11 is 1.42. The van der Waals surface area contributed by atoms with Crippen LogP contribution < -0.4 is 5.73 Å². The molecule has 0 saturated heterocycles. The van der Waals surface area contributed by atoms with Gasteiger partial charge < -0.3 is 10.2 Å². The number of rotatable bonds is 4. The maximum atomic E-state index is 5.50. The summed E-state index contributed by atoms with van der Waals surface area (Å²) in [6, 6.07) is 1.95. The van der Waals surface area contributed by atoms with Crippen molar-refractivity contribution < 1.29 is 4.42 Å². The molecule has 2 rings (SSSR count). The van der Waals surface area contributed by atoms with Crippen LogP contribution in [0, 0.1) is 0 Å². The molecule has 0 spiro atoms. The summed E-state index contributed by atoms with van der Waals surface area (Å²) < 4.78 is 5.00. The van der Waals surface area contributed by atoms with Crippen LogP contribution in [0.1, 0.15) is 10.6 Å². The molecule has 0 atom stereocenters. The Morgan fingerprint density at radius 1 is 1.47 bits per heavy atom. The van der Waals surface area contributed by atoms with Gasteiger partial charge >= 0.3 is 0 Å². The highest BCUT2D eigenvalue weighted by Crippen LogP contribution is 2.14. The van der Waals surface area contributed by atoms with Crippen LogP contribution in [0.25, 0.3) is 0 Å². The molecule has 0 aromatic carbocycles. The summed E-state index contributed by atoms with van der Waals surface area (Å²) in [6.45, 7) is 1.58. The first-order chi connectivity index (χ1) is 7.24. The highest BCUT2D eigenvalue weighted by molar-refractivity contribution is 7.15. The molecular formula is C9H12N4OS. The summed E-state index contributed by atoms with van der Waals surface area (Å²) in [6.07, 6.45) is 3.41. The zero-order chi connectivity index (χ0) is 10.7. The fourth-order valence-electron chi connectivity index (χ4n) is 1.31. The number of aromatic nitrogens is 2. The van der Waals surface area contributed by atoms with E-state index < -0.39 is 0 Å². The molecule has 0 radical (unpaired) electrons. The summed E-state index contributed by atoms with van der Waals surface area (Å²) in [7, 11) is 2.02. The average Bonchev–Trinajstić information content (AvgIpc) is 2.77. The third-order valence-electron chi connectivity index (χ3n) is 1.92. The molecule has 15 heavy (non-hydrogen) atoms. The zero-order valence-electron chi connectivity index (χ0n) is 8.38. The maximum Gasteiger partial charge on any atom is 0.203 e. The van der Waals surface area contributed by atoms with Crippen LogP contribution in [0.3, 0.4) is 0 Å². The van der Waals surface area contributed by atoms with Gasteiger partial charge in [0.25, 0.3) is 0 Å². The van der Waals surface area contributed by atoms with Crippen LogP contribution in [0.5, 0.6) is 0 Å². The Bertz CT molecular complexity index is 411. The molecule has 6 heteroatoms. The second-order valence-electron chi connectivity index (χ2n) is 3.34. The Hall–Kier alpha value is -1.40. The van der Waals surface area contributed by atoms with Gasteiger partial charge in [-0.2, -0.15) is 0 Å². The van der Waals surface area contributed by atoms with Crippen molar-refractivity contribution in [2.45, 2.75) is 13.1 Å². The summed E-state index contributed by atoms with van der Waals surface area (Å²) in [5, 5.41) is 9.18. The van der Waals surface area contributed by atoms with Gasteiger partial charge in [0.05, 0.1) is 19.1 Å². The molecule has 0 fully saturated rings. The topological polar surface area (TPSA) is 68.2 Å². The van der Waals surface area contributed by atoms with Crippen molar-refractivity contribution in [3.05, 3.63) is 29.2 Å². The molecule has 0 saturated carbocycles. The van der Waals surface area contributed by atoms with E-state index in [2.05, 4.69) is 15.1 Å². The molecule has 2 N–H and O–H groups in total. The molecule has 5 nitrogen and oxygen atoms in total. The molecule has 80 valence electrons. The molecule has 0 aliphatic carbocycles. The molecule has 2 aromatic heterocycles. The van der Waals surface area contributed by atoms with Gasteiger partial charge in [0.2, 0.25) is 5.13 Å². The van der Waals surface area contributed by atoms with Gasteiger partial charge in [0.1, 0.15) is 5.01 Å². The lowest BCUT2D eigenvalue weighted by Gasteiger charge is -2.12. The Balaban J connectivity index is 1.90. The Morgan fingerprint density at radius 2 is 2.33 bits per heavy atom. The van der Waals surface area contributed by atoms with E-state index in [9.17, 15) is 0 Å². The predicted molar refractivity (Wildman–Crippen MR) is 58.2 cm³/mol. The van der Waals surface area contributed by atoms with Crippen molar-refractivity contribution in [1.29, 1.82) is 0 Å². The van der Waals surface area contributed by atoms with E-state index in [0.29, 0.717) is 5.13 Å². The number of anilines is 1. The number of hydrogen-bond acceptors (Lipinski definition) is 6. The number of nitrogens with two attached hydrogens (primary N) is 1. The average molecular weight is 224 g/mol. The minimum absolute atomic E-state index is 0.515.